The Kier molecular flexibility index (Phi) is 3.88. The van der Waals surface area contributed by atoms with Gasteiger partial charge in [0.1, 0.15) is 0 Å². The highest BCUT2D eigenvalue weighted by molar-refractivity contribution is 9.10. The predicted octanol–water partition coefficient (Wildman–Crippen LogP) is 2.94. The van der Waals surface area contributed by atoms with Crippen molar-refractivity contribution in [2.24, 2.45) is 0 Å². The van der Waals surface area contributed by atoms with E-state index in [4.69, 9.17) is 0 Å². The van der Waals surface area contributed by atoms with E-state index in [2.05, 4.69) is 36.8 Å². The number of carbonyl (C=O) groups is 1. The van der Waals surface area contributed by atoms with Crippen LogP contribution < -0.4 is 10.6 Å². The van der Waals surface area contributed by atoms with Gasteiger partial charge < -0.3 is 10.6 Å². The molecule has 0 spiro atoms. The van der Waals surface area contributed by atoms with Gasteiger partial charge in [0.05, 0.1) is 0 Å². The first-order valence-corrected chi connectivity index (χ1v) is 6.07. The Labute approximate surface area is 113 Å². The van der Waals surface area contributed by atoms with Gasteiger partial charge in [-0.1, -0.05) is 22.0 Å². The average molecular weight is 307 g/mol. The van der Waals surface area contributed by atoms with Crippen LogP contribution in [0.2, 0.25) is 0 Å². The third kappa shape index (κ3) is 3.53. The summed E-state index contributed by atoms with van der Waals surface area (Å²) >= 11 is 3.39. The van der Waals surface area contributed by atoms with Crippen LogP contribution in [-0.4, -0.2) is 16.1 Å². The number of benzene rings is 1. The van der Waals surface area contributed by atoms with Crippen molar-refractivity contribution in [3.05, 3.63) is 40.9 Å². The number of halogens is 1. The number of anilines is 3. The maximum atomic E-state index is 10.8. The minimum Gasteiger partial charge on any atom is -0.339 e. The zero-order chi connectivity index (χ0) is 13.0. The molecule has 0 aliphatic carbocycles. The second-order valence-electron chi connectivity index (χ2n) is 3.62. The first-order valence-electron chi connectivity index (χ1n) is 5.27. The van der Waals surface area contributed by atoms with E-state index in [1.807, 2.05) is 24.3 Å². The summed E-state index contributed by atoms with van der Waals surface area (Å²) in [6.07, 6.45) is 0. The summed E-state index contributed by atoms with van der Waals surface area (Å²) in [5.74, 6) is 0.876. The normalized spacial score (nSPS) is 9.89. The minimum absolute atomic E-state index is 0.169. The van der Waals surface area contributed by atoms with Gasteiger partial charge in [-0.15, -0.1) is 10.2 Å². The van der Waals surface area contributed by atoms with Gasteiger partial charge in [0.25, 0.3) is 0 Å². The molecule has 1 amide bonds. The molecule has 2 N–H and O–H groups in total. The van der Waals surface area contributed by atoms with E-state index in [0.717, 1.165) is 10.2 Å². The fraction of sp³-hybridized carbons (Fsp3) is 0.0833. The van der Waals surface area contributed by atoms with Crippen molar-refractivity contribution in [2.45, 2.75) is 6.92 Å². The highest BCUT2D eigenvalue weighted by Crippen LogP contribution is 2.19. The second kappa shape index (κ2) is 5.59. The Morgan fingerprint density at radius 3 is 2.50 bits per heavy atom. The van der Waals surface area contributed by atoms with Crippen LogP contribution in [0.1, 0.15) is 6.92 Å². The molecular weight excluding hydrogens is 296 g/mol. The van der Waals surface area contributed by atoms with Gasteiger partial charge in [-0.25, -0.2) is 0 Å². The molecule has 1 heterocycles. The minimum atomic E-state index is -0.169. The lowest BCUT2D eigenvalue weighted by Crippen LogP contribution is -2.08. The van der Waals surface area contributed by atoms with Crippen molar-refractivity contribution < 1.29 is 4.79 Å². The van der Waals surface area contributed by atoms with Crippen LogP contribution >= 0.6 is 15.9 Å². The number of nitrogens with zero attached hydrogens (tertiary/aromatic N) is 2. The molecule has 0 saturated heterocycles. The number of carbonyl (C=O) groups excluding carboxylic acids is 1. The number of rotatable bonds is 3. The standard InChI is InChI=1S/C12H11BrN4O/c1-8(18)14-11-5-6-12(17-16-11)15-10-4-2-3-9(13)7-10/h2-7H,1H3,(H,15,17)(H,14,16,18). The summed E-state index contributed by atoms with van der Waals surface area (Å²) in [5, 5.41) is 13.5. The van der Waals surface area contributed by atoms with Crippen LogP contribution in [0, 0.1) is 0 Å². The van der Waals surface area contributed by atoms with Gasteiger partial charge in [0.15, 0.2) is 11.6 Å². The third-order valence-corrected chi connectivity index (χ3v) is 2.56. The van der Waals surface area contributed by atoms with Crippen molar-refractivity contribution in [3.63, 3.8) is 0 Å². The zero-order valence-electron chi connectivity index (χ0n) is 9.64. The van der Waals surface area contributed by atoms with Crippen LogP contribution in [0.25, 0.3) is 0 Å². The van der Waals surface area contributed by atoms with Gasteiger partial charge >= 0.3 is 0 Å². The molecule has 5 nitrogen and oxygen atoms in total. The molecule has 1 aromatic heterocycles. The Bertz CT molecular complexity index is 556. The lowest BCUT2D eigenvalue weighted by Gasteiger charge is -2.06. The summed E-state index contributed by atoms with van der Waals surface area (Å²) in [7, 11) is 0. The molecule has 1 aromatic carbocycles. The van der Waals surface area contributed by atoms with Crippen molar-refractivity contribution in [2.75, 3.05) is 10.6 Å². The summed E-state index contributed by atoms with van der Waals surface area (Å²) in [6, 6.07) is 11.2. The van der Waals surface area contributed by atoms with Crippen LogP contribution in [-0.2, 0) is 4.79 Å². The van der Waals surface area contributed by atoms with Crippen molar-refractivity contribution in [1.82, 2.24) is 10.2 Å². The SMILES string of the molecule is CC(=O)Nc1ccc(Nc2cccc(Br)c2)nn1. The van der Waals surface area contributed by atoms with Crippen molar-refractivity contribution in [3.8, 4) is 0 Å². The van der Waals surface area contributed by atoms with Gasteiger partial charge in [-0.3, -0.25) is 4.79 Å². The van der Waals surface area contributed by atoms with Gasteiger partial charge in [0.2, 0.25) is 5.91 Å². The summed E-state index contributed by atoms with van der Waals surface area (Å²) in [4.78, 5) is 10.8. The maximum absolute atomic E-state index is 10.8. The fourth-order valence-corrected chi connectivity index (χ4v) is 1.76. The Morgan fingerprint density at radius 2 is 1.89 bits per heavy atom. The summed E-state index contributed by atoms with van der Waals surface area (Å²) < 4.78 is 0.982. The largest absolute Gasteiger partial charge is 0.339 e. The second-order valence-corrected chi connectivity index (χ2v) is 4.54. The lowest BCUT2D eigenvalue weighted by molar-refractivity contribution is -0.114. The van der Waals surface area contributed by atoms with Crippen LogP contribution in [0.5, 0.6) is 0 Å². The zero-order valence-corrected chi connectivity index (χ0v) is 11.2. The predicted molar refractivity (Wildman–Crippen MR) is 73.8 cm³/mol. The van der Waals surface area contributed by atoms with Gasteiger partial charge in [-0.2, -0.15) is 0 Å². The van der Waals surface area contributed by atoms with E-state index in [-0.39, 0.29) is 5.91 Å². The van der Waals surface area contributed by atoms with E-state index < -0.39 is 0 Å². The molecule has 2 rings (SSSR count). The van der Waals surface area contributed by atoms with Crippen molar-refractivity contribution >= 4 is 39.2 Å². The average Bonchev–Trinajstić information content (AvgIpc) is 2.31. The third-order valence-electron chi connectivity index (χ3n) is 2.07. The number of nitrogens with one attached hydrogen (secondary N) is 2. The first kappa shape index (κ1) is 12.5. The monoisotopic (exact) mass is 306 g/mol. The molecule has 6 heteroatoms. The number of aromatic nitrogens is 2. The molecule has 0 radical (unpaired) electrons. The molecule has 0 fully saturated rings. The molecule has 0 saturated carbocycles. The van der Waals surface area contributed by atoms with E-state index in [1.165, 1.54) is 6.92 Å². The van der Waals surface area contributed by atoms with E-state index in [1.54, 1.807) is 12.1 Å². The molecule has 0 unspecified atom stereocenters. The summed E-state index contributed by atoms with van der Waals surface area (Å²) in [5.41, 5.74) is 0.908. The number of hydrogen-bond acceptors (Lipinski definition) is 4. The lowest BCUT2D eigenvalue weighted by atomic mass is 10.3. The molecule has 0 bridgehead atoms. The molecular formula is C12H11BrN4O. The fourth-order valence-electron chi connectivity index (χ4n) is 1.36. The molecule has 18 heavy (non-hydrogen) atoms. The van der Waals surface area contributed by atoms with Gasteiger partial charge in [-0.05, 0) is 30.3 Å². The summed E-state index contributed by atoms with van der Waals surface area (Å²) in [6.45, 7) is 1.43. The first-order chi connectivity index (χ1) is 8.63. The van der Waals surface area contributed by atoms with Crippen LogP contribution in [0.3, 0.4) is 0 Å². The smallest absolute Gasteiger partial charge is 0.222 e. The Hall–Kier alpha value is -1.95. The molecule has 0 atom stereocenters. The van der Waals surface area contributed by atoms with Crippen LogP contribution in [0.4, 0.5) is 17.3 Å². The van der Waals surface area contributed by atoms with E-state index >= 15 is 0 Å². The Morgan fingerprint density at radius 1 is 1.17 bits per heavy atom. The van der Waals surface area contributed by atoms with Crippen molar-refractivity contribution in [1.29, 1.82) is 0 Å². The Balaban J connectivity index is 2.08. The molecule has 0 aliphatic rings. The van der Waals surface area contributed by atoms with Gasteiger partial charge in [0, 0.05) is 17.1 Å². The topological polar surface area (TPSA) is 66.9 Å². The highest BCUT2D eigenvalue weighted by Gasteiger charge is 2.00. The number of amides is 1. The quantitative estimate of drug-likeness (QED) is 0.915. The maximum Gasteiger partial charge on any atom is 0.222 e. The molecule has 92 valence electrons. The molecule has 0 aliphatic heterocycles. The number of hydrogen-bond donors (Lipinski definition) is 2. The van der Waals surface area contributed by atoms with Crippen LogP contribution in [0.15, 0.2) is 40.9 Å². The highest BCUT2D eigenvalue weighted by atomic mass is 79.9. The van der Waals surface area contributed by atoms with E-state index in [9.17, 15) is 4.79 Å². The molecule has 2 aromatic rings. The van der Waals surface area contributed by atoms with E-state index in [0.29, 0.717) is 11.6 Å².